The number of halogens is 8. The van der Waals surface area contributed by atoms with Crippen LogP contribution in [0.4, 0.5) is 35.1 Å². The zero-order valence-corrected chi connectivity index (χ0v) is 22.3. The molecule has 4 aromatic carbocycles. The fraction of sp³-hybridized carbons (Fsp3) is 0.312. The van der Waals surface area contributed by atoms with E-state index in [-0.39, 0.29) is 36.0 Å². The molecule has 4 rings (SSSR count). The molecular weight excluding hydrogens is 552 g/mol. The summed E-state index contributed by atoms with van der Waals surface area (Å²) in [6, 6.07) is 12.4. The molecule has 1 nitrogen and oxygen atoms in total. The quantitative estimate of drug-likeness (QED) is 0.127. The Morgan fingerprint density at radius 2 is 1.22 bits per heavy atom. The summed E-state index contributed by atoms with van der Waals surface area (Å²) in [6.07, 6.45) is -1.26. The summed E-state index contributed by atoms with van der Waals surface area (Å²) in [5.41, 5.74) is 1.71. The molecule has 0 aliphatic heterocycles. The van der Waals surface area contributed by atoms with Gasteiger partial charge < -0.3 is 4.74 Å². The van der Waals surface area contributed by atoms with Gasteiger partial charge in [0, 0.05) is 10.9 Å². The maximum Gasteiger partial charge on any atom is 0.573 e. The number of ether oxygens (including phenoxy) is 1. The monoisotopic (exact) mass is 580 g/mol. The van der Waals surface area contributed by atoms with Crippen LogP contribution in [0.15, 0.2) is 54.6 Å². The molecule has 9 heteroatoms. The number of rotatable bonds is 11. The zero-order chi connectivity index (χ0) is 29.7. The Balaban J connectivity index is 1.43. The van der Waals surface area contributed by atoms with Crippen molar-refractivity contribution in [1.29, 1.82) is 0 Å². The molecule has 0 aliphatic rings. The van der Waals surface area contributed by atoms with Crippen LogP contribution >= 0.6 is 0 Å². The van der Waals surface area contributed by atoms with Crippen molar-refractivity contribution in [3.05, 3.63) is 112 Å². The van der Waals surface area contributed by atoms with Crippen LogP contribution in [0.1, 0.15) is 54.0 Å². The number of unbranched alkanes of at least 4 members (excludes halogenated alkanes) is 2. The third kappa shape index (κ3) is 7.77. The molecule has 41 heavy (non-hydrogen) atoms. The summed E-state index contributed by atoms with van der Waals surface area (Å²) in [5, 5.41) is 0.869. The average Bonchev–Trinajstić information content (AvgIpc) is 2.89. The largest absolute Gasteiger partial charge is 0.573 e. The first-order valence-electron chi connectivity index (χ1n) is 13.4. The lowest BCUT2D eigenvalue weighted by molar-refractivity contribution is -0.276. The van der Waals surface area contributed by atoms with Gasteiger partial charge in [-0.15, -0.1) is 13.2 Å². The number of aryl methyl sites for hydroxylation is 4. The predicted octanol–water partition coefficient (Wildman–Crippen LogP) is 9.74. The van der Waals surface area contributed by atoms with Gasteiger partial charge in [-0.25, -0.2) is 22.0 Å². The minimum Gasteiger partial charge on any atom is -0.399 e. The molecule has 218 valence electrons. The Bertz CT molecular complexity index is 1480. The molecule has 0 amide bonds. The normalized spacial score (nSPS) is 11.8. The van der Waals surface area contributed by atoms with Crippen LogP contribution in [0, 0.1) is 29.1 Å². The van der Waals surface area contributed by atoms with E-state index in [9.17, 15) is 30.7 Å². The van der Waals surface area contributed by atoms with Crippen molar-refractivity contribution in [1.82, 2.24) is 0 Å². The smallest absolute Gasteiger partial charge is 0.399 e. The fourth-order valence-electron chi connectivity index (χ4n) is 4.87. The van der Waals surface area contributed by atoms with Crippen molar-refractivity contribution in [2.45, 2.75) is 64.7 Å². The first kappa shape index (κ1) is 30.3. The van der Waals surface area contributed by atoms with Crippen LogP contribution in [-0.4, -0.2) is 6.36 Å². The van der Waals surface area contributed by atoms with Gasteiger partial charge in [0.05, 0.1) is 0 Å². The van der Waals surface area contributed by atoms with E-state index in [2.05, 4.69) is 11.7 Å². The van der Waals surface area contributed by atoms with Gasteiger partial charge in [-0.1, -0.05) is 50.1 Å². The van der Waals surface area contributed by atoms with E-state index >= 15 is 4.39 Å². The average molecular weight is 581 g/mol. The van der Waals surface area contributed by atoms with Gasteiger partial charge in [0.2, 0.25) is 5.75 Å². The molecule has 0 saturated carbocycles. The van der Waals surface area contributed by atoms with E-state index in [0.29, 0.717) is 29.2 Å². The van der Waals surface area contributed by atoms with Gasteiger partial charge in [-0.3, -0.25) is 0 Å². The Morgan fingerprint density at radius 3 is 1.85 bits per heavy atom. The highest BCUT2D eigenvalue weighted by atomic mass is 19.4. The van der Waals surface area contributed by atoms with Crippen molar-refractivity contribution in [3.63, 3.8) is 0 Å². The Hall–Kier alpha value is -3.62. The maximum atomic E-state index is 15.2. The molecular formula is C32H28F8O. The summed E-state index contributed by atoms with van der Waals surface area (Å²) in [4.78, 5) is 0. The third-order valence-corrected chi connectivity index (χ3v) is 6.99. The summed E-state index contributed by atoms with van der Waals surface area (Å²) >= 11 is 0. The van der Waals surface area contributed by atoms with E-state index in [0.717, 1.165) is 37.0 Å². The van der Waals surface area contributed by atoms with Crippen molar-refractivity contribution in [2.75, 3.05) is 0 Å². The molecule has 0 N–H and O–H groups in total. The maximum absolute atomic E-state index is 15.2. The summed E-state index contributed by atoms with van der Waals surface area (Å²) < 4.78 is 113. The second-order valence-electron chi connectivity index (χ2n) is 10.0. The fourth-order valence-corrected chi connectivity index (χ4v) is 4.87. The van der Waals surface area contributed by atoms with Crippen LogP contribution in [0.5, 0.6) is 5.75 Å². The van der Waals surface area contributed by atoms with Crippen molar-refractivity contribution < 1.29 is 39.9 Å². The Labute approximate surface area is 232 Å². The van der Waals surface area contributed by atoms with Crippen LogP contribution in [0.25, 0.3) is 10.8 Å². The SMILES string of the molecule is CCCCCc1cc(F)c(CCc2ccc3c(F)c(CCc4cc(F)c(OC(F)(F)F)c(F)c4)ccc3c2)c(F)c1. The van der Waals surface area contributed by atoms with Gasteiger partial charge in [0.15, 0.2) is 11.6 Å². The van der Waals surface area contributed by atoms with Gasteiger partial charge in [-0.05, 0) is 90.4 Å². The lowest BCUT2D eigenvalue weighted by atomic mass is 9.96. The summed E-state index contributed by atoms with van der Waals surface area (Å²) in [7, 11) is 0. The number of hydrogen-bond acceptors (Lipinski definition) is 1. The zero-order valence-electron chi connectivity index (χ0n) is 22.3. The highest BCUT2D eigenvalue weighted by molar-refractivity contribution is 5.84. The van der Waals surface area contributed by atoms with Gasteiger partial charge in [-0.2, -0.15) is 0 Å². The van der Waals surface area contributed by atoms with E-state index in [1.54, 1.807) is 24.3 Å². The first-order chi connectivity index (χ1) is 19.4. The molecule has 0 atom stereocenters. The lowest BCUT2D eigenvalue weighted by Crippen LogP contribution is -2.19. The van der Waals surface area contributed by atoms with E-state index in [1.165, 1.54) is 18.2 Å². The van der Waals surface area contributed by atoms with Crippen molar-refractivity contribution in [3.8, 4) is 5.75 Å². The molecule has 0 fully saturated rings. The van der Waals surface area contributed by atoms with Crippen LogP contribution in [-0.2, 0) is 32.1 Å². The van der Waals surface area contributed by atoms with E-state index in [4.69, 9.17) is 0 Å². The topological polar surface area (TPSA) is 9.23 Å². The molecule has 0 bridgehead atoms. The van der Waals surface area contributed by atoms with Crippen LogP contribution in [0.2, 0.25) is 0 Å². The first-order valence-corrected chi connectivity index (χ1v) is 13.4. The minimum atomic E-state index is -5.25. The van der Waals surface area contributed by atoms with Gasteiger partial charge in [0.25, 0.3) is 0 Å². The van der Waals surface area contributed by atoms with E-state index < -0.39 is 41.2 Å². The predicted molar refractivity (Wildman–Crippen MR) is 141 cm³/mol. The van der Waals surface area contributed by atoms with E-state index in [1.807, 2.05) is 0 Å². The molecule has 0 aromatic heterocycles. The number of alkyl halides is 3. The molecule has 0 spiro atoms. The minimum absolute atomic E-state index is 0.0109. The molecule has 4 aromatic rings. The van der Waals surface area contributed by atoms with Crippen molar-refractivity contribution >= 4 is 10.8 Å². The molecule has 0 radical (unpaired) electrons. The van der Waals surface area contributed by atoms with Crippen molar-refractivity contribution in [2.24, 2.45) is 0 Å². The van der Waals surface area contributed by atoms with Crippen LogP contribution in [0.3, 0.4) is 0 Å². The standard InChI is InChI=1S/C32H28F8O/c1-2-3-4-5-20-15-26(33)25(27(34)16-20)13-8-19-7-12-24-23(14-19)11-10-22(30(24)37)9-6-21-17-28(35)31(29(36)18-21)41-32(38,39)40/h7,10-12,14-18H,2-6,8-9,13H2,1H3. The Kier molecular flexibility index (Phi) is 9.56. The highest BCUT2D eigenvalue weighted by Crippen LogP contribution is 2.30. The van der Waals surface area contributed by atoms with Gasteiger partial charge >= 0.3 is 6.36 Å². The third-order valence-electron chi connectivity index (χ3n) is 6.99. The molecule has 0 heterocycles. The van der Waals surface area contributed by atoms with Gasteiger partial charge in [0.1, 0.15) is 17.5 Å². The second kappa shape index (κ2) is 12.9. The number of benzene rings is 4. The Morgan fingerprint density at radius 1 is 0.610 bits per heavy atom. The molecule has 0 unspecified atom stereocenters. The second-order valence-corrected chi connectivity index (χ2v) is 10.0. The summed E-state index contributed by atoms with van der Waals surface area (Å²) in [5.74, 6) is -6.25. The summed E-state index contributed by atoms with van der Waals surface area (Å²) in [6.45, 7) is 2.06. The highest BCUT2D eigenvalue weighted by Gasteiger charge is 2.34. The van der Waals surface area contributed by atoms with Crippen LogP contribution < -0.4 is 4.74 Å². The number of fused-ring (bicyclic) bond motifs is 1. The number of hydrogen-bond donors (Lipinski definition) is 0. The molecule has 0 saturated heterocycles. The molecule has 0 aliphatic carbocycles. The lowest BCUT2D eigenvalue weighted by Gasteiger charge is -2.12.